The molecule has 64 valence electrons. The Labute approximate surface area is 79.7 Å². The molecule has 0 saturated heterocycles. The lowest BCUT2D eigenvalue weighted by atomic mass is 10.1. The van der Waals surface area contributed by atoms with E-state index in [2.05, 4.69) is 21.9 Å². The third kappa shape index (κ3) is 2.13. The second-order valence-corrected chi connectivity index (χ2v) is 3.13. The predicted molar refractivity (Wildman–Crippen MR) is 49.4 cm³/mol. The van der Waals surface area contributed by atoms with E-state index < -0.39 is 6.10 Å². The fourth-order valence-corrected chi connectivity index (χ4v) is 1.42. The molecule has 0 spiro atoms. The standard InChI is InChI=1S/C9H9BrO2/c1-2-3-4-8(11)7-5-6-12-9(7)10/h1,5-6,8,11H,3-4H2. The Balaban J connectivity index is 2.60. The van der Waals surface area contributed by atoms with Crippen LogP contribution in [0.15, 0.2) is 21.4 Å². The molecule has 1 heterocycles. The molecule has 2 nitrogen and oxygen atoms in total. The van der Waals surface area contributed by atoms with E-state index in [1.165, 1.54) is 6.26 Å². The van der Waals surface area contributed by atoms with Crippen molar-refractivity contribution in [3.05, 3.63) is 22.6 Å². The fraction of sp³-hybridized carbons (Fsp3) is 0.333. The molecule has 0 fully saturated rings. The minimum Gasteiger partial charge on any atom is -0.457 e. The summed E-state index contributed by atoms with van der Waals surface area (Å²) >= 11 is 3.18. The number of furan rings is 1. The van der Waals surface area contributed by atoms with Gasteiger partial charge in [0, 0.05) is 12.0 Å². The van der Waals surface area contributed by atoms with Gasteiger partial charge in [-0.1, -0.05) is 0 Å². The van der Waals surface area contributed by atoms with Gasteiger partial charge in [0.25, 0.3) is 0 Å². The summed E-state index contributed by atoms with van der Waals surface area (Å²) in [4.78, 5) is 0. The monoisotopic (exact) mass is 228 g/mol. The van der Waals surface area contributed by atoms with Crippen molar-refractivity contribution >= 4 is 15.9 Å². The lowest BCUT2D eigenvalue weighted by Gasteiger charge is -2.05. The molecule has 1 aromatic rings. The third-order valence-electron chi connectivity index (χ3n) is 1.57. The van der Waals surface area contributed by atoms with Crippen molar-refractivity contribution in [1.29, 1.82) is 0 Å². The highest BCUT2D eigenvalue weighted by Gasteiger charge is 2.12. The lowest BCUT2D eigenvalue weighted by Crippen LogP contribution is -1.95. The summed E-state index contributed by atoms with van der Waals surface area (Å²) in [5.74, 6) is 2.47. The van der Waals surface area contributed by atoms with Crippen molar-refractivity contribution in [3.63, 3.8) is 0 Å². The Kier molecular flexibility index (Phi) is 3.39. The van der Waals surface area contributed by atoms with Crippen LogP contribution < -0.4 is 0 Å². The van der Waals surface area contributed by atoms with E-state index >= 15 is 0 Å². The van der Waals surface area contributed by atoms with Gasteiger partial charge in [-0.05, 0) is 28.4 Å². The Morgan fingerprint density at radius 1 is 1.75 bits per heavy atom. The highest BCUT2D eigenvalue weighted by Crippen LogP contribution is 2.26. The molecule has 0 radical (unpaired) electrons. The van der Waals surface area contributed by atoms with Crippen LogP contribution in [0.3, 0.4) is 0 Å². The van der Waals surface area contributed by atoms with Crippen LogP contribution in [0.5, 0.6) is 0 Å². The zero-order valence-electron chi connectivity index (χ0n) is 6.46. The Morgan fingerprint density at radius 3 is 3.00 bits per heavy atom. The van der Waals surface area contributed by atoms with Gasteiger partial charge in [0.05, 0.1) is 12.4 Å². The summed E-state index contributed by atoms with van der Waals surface area (Å²) in [6, 6.07) is 1.73. The van der Waals surface area contributed by atoms with Crippen molar-refractivity contribution in [3.8, 4) is 12.3 Å². The molecule has 12 heavy (non-hydrogen) atoms. The summed E-state index contributed by atoms with van der Waals surface area (Å²) in [6.07, 6.45) is 7.20. The fourth-order valence-electron chi connectivity index (χ4n) is 0.918. The quantitative estimate of drug-likeness (QED) is 0.807. The van der Waals surface area contributed by atoms with Crippen molar-refractivity contribution in [2.75, 3.05) is 0 Å². The maximum Gasteiger partial charge on any atom is 0.174 e. The first-order chi connectivity index (χ1) is 5.75. The number of terminal acetylenes is 1. The normalized spacial score (nSPS) is 12.4. The third-order valence-corrected chi connectivity index (χ3v) is 2.21. The van der Waals surface area contributed by atoms with Crippen LogP contribution >= 0.6 is 15.9 Å². The van der Waals surface area contributed by atoms with Crippen LogP contribution in [-0.4, -0.2) is 5.11 Å². The molecule has 0 aromatic carbocycles. The predicted octanol–water partition coefficient (Wildman–Crippen LogP) is 2.49. The number of aliphatic hydroxyl groups excluding tert-OH is 1. The lowest BCUT2D eigenvalue weighted by molar-refractivity contribution is 0.167. The van der Waals surface area contributed by atoms with Crippen LogP contribution in [0.1, 0.15) is 24.5 Å². The van der Waals surface area contributed by atoms with Gasteiger partial charge in [-0.25, -0.2) is 0 Å². The molecule has 0 bridgehead atoms. The topological polar surface area (TPSA) is 33.4 Å². The molecule has 0 aliphatic heterocycles. The van der Waals surface area contributed by atoms with Gasteiger partial charge in [0.15, 0.2) is 4.67 Å². The van der Waals surface area contributed by atoms with E-state index in [4.69, 9.17) is 10.8 Å². The van der Waals surface area contributed by atoms with Crippen molar-refractivity contribution in [2.45, 2.75) is 18.9 Å². The summed E-state index contributed by atoms with van der Waals surface area (Å²) in [7, 11) is 0. The number of halogens is 1. The van der Waals surface area contributed by atoms with Crippen molar-refractivity contribution < 1.29 is 9.52 Å². The van der Waals surface area contributed by atoms with Gasteiger partial charge in [0.2, 0.25) is 0 Å². The molecule has 1 rings (SSSR count). The molecule has 0 aliphatic rings. The van der Waals surface area contributed by atoms with Gasteiger partial charge < -0.3 is 9.52 Å². The number of hydrogen-bond donors (Lipinski definition) is 1. The van der Waals surface area contributed by atoms with Crippen molar-refractivity contribution in [1.82, 2.24) is 0 Å². The van der Waals surface area contributed by atoms with E-state index in [1.807, 2.05) is 0 Å². The molecular formula is C9H9BrO2. The molecule has 3 heteroatoms. The molecule has 0 aliphatic carbocycles. The largest absolute Gasteiger partial charge is 0.457 e. The maximum atomic E-state index is 9.54. The van der Waals surface area contributed by atoms with E-state index in [0.29, 0.717) is 17.5 Å². The average molecular weight is 229 g/mol. The molecule has 1 atom stereocenters. The van der Waals surface area contributed by atoms with Crippen LogP contribution in [0.25, 0.3) is 0 Å². The van der Waals surface area contributed by atoms with Crippen LogP contribution in [-0.2, 0) is 0 Å². The number of rotatable bonds is 3. The minimum absolute atomic E-state index is 0.533. The maximum absolute atomic E-state index is 9.54. The molecule has 1 unspecified atom stereocenters. The van der Waals surface area contributed by atoms with Gasteiger partial charge >= 0.3 is 0 Å². The highest BCUT2D eigenvalue weighted by molar-refractivity contribution is 9.10. The molecule has 1 N–H and O–H groups in total. The Hall–Kier alpha value is -0.720. The average Bonchev–Trinajstić information content (AvgIpc) is 2.47. The summed E-state index contributed by atoms with van der Waals surface area (Å²) < 4.78 is 5.55. The van der Waals surface area contributed by atoms with E-state index in [0.717, 1.165) is 5.56 Å². The van der Waals surface area contributed by atoms with Gasteiger partial charge in [-0.3, -0.25) is 0 Å². The van der Waals surface area contributed by atoms with E-state index in [1.54, 1.807) is 6.07 Å². The second kappa shape index (κ2) is 4.34. The smallest absolute Gasteiger partial charge is 0.174 e. The van der Waals surface area contributed by atoms with E-state index in [-0.39, 0.29) is 0 Å². The second-order valence-electron chi connectivity index (χ2n) is 2.41. The molecular weight excluding hydrogens is 220 g/mol. The highest BCUT2D eigenvalue weighted by atomic mass is 79.9. The minimum atomic E-state index is -0.533. The summed E-state index contributed by atoms with van der Waals surface area (Å²) in [5, 5.41) is 9.54. The first kappa shape index (κ1) is 9.37. The Morgan fingerprint density at radius 2 is 2.50 bits per heavy atom. The van der Waals surface area contributed by atoms with Gasteiger partial charge in [-0.2, -0.15) is 0 Å². The van der Waals surface area contributed by atoms with Gasteiger partial charge in [0.1, 0.15) is 0 Å². The zero-order valence-corrected chi connectivity index (χ0v) is 8.04. The number of hydrogen-bond acceptors (Lipinski definition) is 2. The Bertz CT molecular complexity index is 285. The SMILES string of the molecule is C#CCCC(O)c1ccoc1Br. The van der Waals surface area contributed by atoms with Crippen LogP contribution in [0.2, 0.25) is 0 Å². The molecule has 0 amide bonds. The number of aliphatic hydroxyl groups is 1. The first-order valence-electron chi connectivity index (χ1n) is 3.60. The van der Waals surface area contributed by atoms with E-state index in [9.17, 15) is 5.11 Å². The van der Waals surface area contributed by atoms with Crippen LogP contribution in [0.4, 0.5) is 0 Å². The molecule has 1 aromatic heterocycles. The first-order valence-corrected chi connectivity index (χ1v) is 4.39. The van der Waals surface area contributed by atoms with Crippen molar-refractivity contribution in [2.24, 2.45) is 0 Å². The summed E-state index contributed by atoms with van der Waals surface area (Å²) in [5.41, 5.74) is 0.755. The summed E-state index contributed by atoms with van der Waals surface area (Å²) in [6.45, 7) is 0. The zero-order chi connectivity index (χ0) is 8.97. The van der Waals surface area contributed by atoms with Crippen LogP contribution in [0, 0.1) is 12.3 Å². The molecule has 0 saturated carbocycles. The van der Waals surface area contributed by atoms with Gasteiger partial charge in [-0.15, -0.1) is 12.3 Å².